The number of benzene rings is 1. The molecule has 0 atom stereocenters. The lowest BCUT2D eigenvalue weighted by atomic mass is 10.2. The van der Waals surface area contributed by atoms with Gasteiger partial charge >= 0.3 is 5.97 Å². The van der Waals surface area contributed by atoms with Crippen LogP contribution in [0.4, 0.5) is 5.69 Å². The molecular weight excluding hydrogens is 290 g/mol. The van der Waals surface area contributed by atoms with Crippen molar-refractivity contribution in [3.05, 3.63) is 22.7 Å². The van der Waals surface area contributed by atoms with E-state index in [1.807, 2.05) is 13.8 Å². The van der Waals surface area contributed by atoms with E-state index < -0.39 is 15.8 Å². The van der Waals surface area contributed by atoms with Crippen molar-refractivity contribution < 1.29 is 18.3 Å². The summed E-state index contributed by atoms with van der Waals surface area (Å²) in [7, 11) is -3.57. The largest absolute Gasteiger partial charge is 0.478 e. The van der Waals surface area contributed by atoms with Gasteiger partial charge in [0, 0.05) is 19.3 Å². The predicted molar refractivity (Wildman–Crippen MR) is 75.1 cm³/mol. The fourth-order valence-electron chi connectivity index (χ4n) is 1.83. The average molecular weight is 306 g/mol. The molecule has 0 saturated heterocycles. The third kappa shape index (κ3) is 3.39. The molecule has 19 heavy (non-hydrogen) atoms. The Balaban J connectivity index is 3.67. The monoisotopic (exact) mass is 305 g/mol. The van der Waals surface area contributed by atoms with Gasteiger partial charge < -0.3 is 10.0 Å². The van der Waals surface area contributed by atoms with Crippen LogP contribution < -0.4 is 4.90 Å². The van der Waals surface area contributed by atoms with Crippen LogP contribution in [0.1, 0.15) is 24.2 Å². The molecular formula is C12H16ClNO4S. The molecule has 0 aromatic heterocycles. The zero-order valence-electron chi connectivity index (χ0n) is 11.0. The van der Waals surface area contributed by atoms with E-state index in [2.05, 4.69) is 0 Å². The highest BCUT2D eigenvalue weighted by atomic mass is 35.5. The van der Waals surface area contributed by atoms with Crippen LogP contribution in [0.3, 0.4) is 0 Å². The highest BCUT2D eigenvalue weighted by Gasteiger charge is 2.22. The van der Waals surface area contributed by atoms with E-state index in [0.717, 1.165) is 12.3 Å². The number of hydrogen-bond donors (Lipinski definition) is 1. The third-order valence-electron chi connectivity index (χ3n) is 2.75. The molecule has 0 heterocycles. The molecule has 0 radical (unpaired) electrons. The lowest BCUT2D eigenvalue weighted by molar-refractivity contribution is 0.0696. The van der Waals surface area contributed by atoms with Gasteiger partial charge in [-0.2, -0.15) is 0 Å². The number of carboxylic acids is 1. The number of anilines is 1. The SMILES string of the molecule is CCN(CC)c1c(Cl)cc(C(=O)O)cc1S(C)(=O)=O. The standard InChI is InChI=1S/C12H16ClNO4S/c1-4-14(5-2)11-9(13)6-8(12(15)16)7-10(11)19(3,17)18/h6-7H,4-5H2,1-3H3,(H,15,16). The molecule has 1 aromatic carbocycles. The van der Waals surface area contributed by atoms with E-state index in [4.69, 9.17) is 16.7 Å². The van der Waals surface area contributed by atoms with Crippen molar-refractivity contribution in [3.8, 4) is 0 Å². The third-order valence-corrected chi connectivity index (χ3v) is 4.15. The summed E-state index contributed by atoms with van der Waals surface area (Å²) >= 11 is 6.07. The number of rotatable bonds is 5. The van der Waals surface area contributed by atoms with Crippen LogP contribution in [-0.2, 0) is 9.84 Å². The van der Waals surface area contributed by atoms with Crippen molar-refractivity contribution in [2.45, 2.75) is 18.7 Å². The molecule has 0 bridgehead atoms. The van der Waals surface area contributed by atoms with Gasteiger partial charge in [0.1, 0.15) is 0 Å². The predicted octanol–water partition coefficient (Wildman–Crippen LogP) is 2.29. The first-order valence-corrected chi connectivity index (χ1v) is 8.01. The Labute approximate surface area is 117 Å². The molecule has 7 heteroatoms. The van der Waals surface area contributed by atoms with Crippen LogP contribution in [0.5, 0.6) is 0 Å². The zero-order valence-corrected chi connectivity index (χ0v) is 12.5. The molecule has 0 unspecified atom stereocenters. The Morgan fingerprint density at radius 3 is 2.21 bits per heavy atom. The van der Waals surface area contributed by atoms with Crippen LogP contribution in [0, 0.1) is 0 Å². The van der Waals surface area contributed by atoms with Crippen molar-refractivity contribution in [1.82, 2.24) is 0 Å². The summed E-state index contributed by atoms with van der Waals surface area (Å²) in [6.45, 7) is 4.89. The molecule has 1 aromatic rings. The number of halogens is 1. The fourth-order valence-corrected chi connectivity index (χ4v) is 3.15. The van der Waals surface area contributed by atoms with Gasteiger partial charge in [0.25, 0.3) is 0 Å². The maximum absolute atomic E-state index is 11.8. The quantitative estimate of drug-likeness (QED) is 0.903. The number of carbonyl (C=O) groups is 1. The van der Waals surface area contributed by atoms with E-state index in [0.29, 0.717) is 18.8 Å². The second-order valence-electron chi connectivity index (χ2n) is 4.05. The smallest absolute Gasteiger partial charge is 0.335 e. The molecule has 106 valence electrons. The summed E-state index contributed by atoms with van der Waals surface area (Å²) in [5, 5.41) is 9.10. The second kappa shape index (κ2) is 5.79. The molecule has 0 aliphatic heterocycles. The van der Waals surface area contributed by atoms with Crippen molar-refractivity contribution in [2.75, 3.05) is 24.2 Å². The van der Waals surface area contributed by atoms with Crippen molar-refractivity contribution >= 4 is 33.1 Å². The lowest BCUT2D eigenvalue weighted by Gasteiger charge is -2.25. The van der Waals surface area contributed by atoms with Gasteiger partial charge in [-0.1, -0.05) is 11.6 Å². The van der Waals surface area contributed by atoms with Gasteiger partial charge in [-0.3, -0.25) is 0 Å². The highest BCUT2D eigenvalue weighted by molar-refractivity contribution is 7.90. The first kappa shape index (κ1) is 15.8. The summed E-state index contributed by atoms with van der Waals surface area (Å²) in [4.78, 5) is 12.7. The van der Waals surface area contributed by atoms with Gasteiger partial charge in [0.15, 0.2) is 9.84 Å². The van der Waals surface area contributed by atoms with Gasteiger partial charge in [0.2, 0.25) is 0 Å². The maximum atomic E-state index is 11.8. The molecule has 0 aliphatic rings. The lowest BCUT2D eigenvalue weighted by Crippen LogP contribution is -2.24. The molecule has 0 amide bonds. The number of hydrogen-bond acceptors (Lipinski definition) is 4. The van der Waals surface area contributed by atoms with E-state index in [9.17, 15) is 13.2 Å². The zero-order chi connectivity index (χ0) is 14.8. The van der Waals surface area contributed by atoms with Gasteiger partial charge in [0.05, 0.1) is 21.2 Å². The van der Waals surface area contributed by atoms with Crippen LogP contribution >= 0.6 is 11.6 Å². The van der Waals surface area contributed by atoms with Crippen LogP contribution in [0.2, 0.25) is 5.02 Å². The van der Waals surface area contributed by atoms with E-state index in [1.54, 1.807) is 4.90 Å². The molecule has 5 nitrogen and oxygen atoms in total. The number of carboxylic acid groups (broad SMARTS) is 1. The molecule has 0 saturated carbocycles. The number of nitrogens with zero attached hydrogens (tertiary/aromatic N) is 1. The van der Waals surface area contributed by atoms with Crippen molar-refractivity contribution in [3.63, 3.8) is 0 Å². The van der Waals surface area contributed by atoms with Gasteiger partial charge in [-0.25, -0.2) is 13.2 Å². The minimum Gasteiger partial charge on any atom is -0.478 e. The summed E-state index contributed by atoms with van der Waals surface area (Å²) in [5.41, 5.74) is 0.223. The summed E-state index contributed by atoms with van der Waals surface area (Å²) < 4.78 is 23.7. The first-order chi connectivity index (χ1) is 8.72. The fraction of sp³-hybridized carbons (Fsp3) is 0.417. The molecule has 1 N–H and O–H groups in total. The summed E-state index contributed by atoms with van der Waals surface area (Å²) in [6.07, 6.45) is 1.04. The van der Waals surface area contributed by atoms with E-state index >= 15 is 0 Å². The Hall–Kier alpha value is -1.27. The number of sulfone groups is 1. The topological polar surface area (TPSA) is 74.7 Å². The normalized spacial score (nSPS) is 11.4. The van der Waals surface area contributed by atoms with Crippen LogP contribution in [0.25, 0.3) is 0 Å². The minimum absolute atomic E-state index is 0.0545. The molecule has 0 fully saturated rings. The minimum atomic E-state index is -3.57. The molecule has 0 spiro atoms. The Bertz CT molecular complexity index is 594. The van der Waals surface area contributed by atoms with Gasteiger partial charge in [-0.15, -0.1) is 0 Å². The maximum Gasteiger partial charge on any atom is 0.335 e. The van der Waals surface area contributed by atoms with E-state index in [1.165, 1.54) is 6.07 Å². The number of aromatic carboxylic acids is 1. The van der Waals surface area contributed by atoms with Gasteiger partial charge in [-0.05, 0) is 26.0 Å². The Kier molecular flexibility index (Phi) is 4.81. The average Bonchev–Trinajstić information content (AvgIpc) is 2.30. The Morgan fingerprint density at radius 2 is 1.84 bits per heavy atom. The molecule has 0 aliphatic carbocycles. The van der Waals surface area contributed by atoms with E-state index in [-0.39, 0.29) is 15.5 Å². The first-order valence-electron chi connectivity index (χ1n) is 5.74. The second-order valence-corrected chi connectivity index (χ2v) is 6.45. The Morgan fingerprint density at radius 1 is 1.32 bits per heavy atom. The van der Waals surface area contributed by atoms with Crippen molar-refractivity contribution in [2.24, 2.45) is 0 Å². The van der Waals surface area contributed by atoms with Crippen LogP contribution in [0.15, 0.2) is 17.0 Å². The summed E-state index contributed by atoms with van der Waals surface area (Å²) in [5.74, 6) is -1.21. The van der Waals surface area contributed by atoms with Crippen molar-refractivity contribution in [1.29, 1.82) is 0 Å². The molecule has 1 rings (SSSR count). The van der Waals surface area contributed by atoms with Crippen LogP contribution in [-0.4, -0.2) is 38.8 Å². The highest BCUT2D eigenvalue weighted by Crippen LogP contribution is 2.34. The summed E-state index contributed by atoms with van der Waals surface area (Å²) in [6, 6.07) is 2.42.